The molecule has 34 heavy (non-hydrogen) atoms. The largest absolute Gasteiger partial charge is 0.506 e. The number of nitrogens with one attached hydrogen (secondary N) is 1. The summed E-state index contributed by atoms with van der Waals surface area (Å²) < 4.78 is 52.6. The number of fused-ring (bicyclic) bond motifs is 1. The number of halogens is 3. The SMILES string of the molecule is COc1ccc(-c2cc(C(F)(F)F)n3nc(C(=O)Nc4cc(C)ccc4O)cc3n2)cc1OC. The van der Waals surface area contributed by atoms with E-state index in [1.807, 2.05) is 0 Å². The summed E-state index contributed by atoms with van der Waals surface area (Å²) in [4.78, 5) is 16.9. The zero-order valence-electron chi connectivity index (χ0n) is 18.3. The average molecular weight is 472 g/mol. The molecule has 0 fully saturated rings. The van der Waals surface area contributed by atoms with Gasteiger partial charge in [-0.2, -0.15) is 18.3 Å². The van der Waals surface area contributed by atoms with Crippen LogP contribution < -0.4 is 14.8 Å². The van der Waals surface area contributed by atoms with Crippen LogP contribution >= 0.6 is 0 Å². The molecule has 4 aromatic rings. The minimum absolute atomic E-state index is 0.00367. The molecule has 0 aliphatic rings. The van der Waals surface area contributed by atoms with Crippen LogP contribution in [0.4, 0.5) is 18.9 Å². The molecule has 2 aromatic heterocycles. The molecule has 2 N–H and O–H groups in total. The lowest BCUT2D eigenvalue weighted by atomic mass is 10.1. The van der Waals surface area contributed by atoms with Crippen molar-refractivity contribution >= 4 is 17.2 Å². The number of amides is 1. The Labute approximate surface area is 191 Å². The molecule has 4 rings (SSSR count). The van der Waals surface area contributed by atoms with Gasteiger partial charge in [-0.1, -0.05) is 6.07 Å². The Morgan fingerprint density at radius 3 is 2.44 bits per heavy atom. The van der Waals surface area contributed by atoms with Gasteiger partial charge in [-0.15, -0.1) is 0 Å². The first-order chi connectivity index (χ1) is 16.1. The maximum Gasteiger partial charge on any atom is 0.433 e. The Bertz CT molecular complexity index is 1400. The first-order valence-corrected chi connectivity index (χ1v) is 9.92. The number of hydrogen-bond donors (Lipinski definition) is 2. The van der Waals surface area contributed by atoms with Crippen LogP contribution in [0.5, 0.6) is 17.2 Å². The van der Waals surface area contributed by atoms with Crippen molar-refractivity contribution in [3.63, 3.8) is 0 Å². The van der Waals surface area contributed by atoms with Crippen molar-refractivity contribution < 1.29 is 32.5 Å². The van der Waals surface area contributed by atoms with E-state index in [0.717, 1.165) is 17.7 Å². The maximum absolute atomic E-state index is 13.9. The maximum atomic E-state index is 13.9. The van der Waals surface area contributed by atoms with Gasteiger partial charge in [0.25, 0.3) is 5.91 Å². The van der Waals surface area contributed by atoms with Crippen LogP contribution in [0.1, 0.15) is 21.7 Å². The number of benzene rings is 2. The number of hydrogen-bond acceptors (Lipinski definition) is 6. The molecule has 0 aliphatic heterocycles. The molecule has 176 valence electrons. The number of phenols is 1. The molecule has 0 atom stereocenters. The van der Waals surface area contributed by atoms with E-state index >= 15 is 0 Å². The van der Waals surface area contributed by atoms with Crippen LogP contribution in [-0.2, 0) is 6.18 Å². The van der Waals surface area contributed by atoms with Crippen molar-refractivity contribution in [2.75, 3.05) is 19.5 Å². The highest BCUT2D eigenvalue weighted by Crippen LogP contribution is 2.35. The van der Waals surface area contributed by atoms with E-state index in [2.05, 4.69) is 15.4 Å². The average Bonchev–Trinajstić information content (AvgIpc) is 3.24. The topological polar surface area (TPSA) is 98.0 Å². The summed E-state index contributed by atoms with van der Waals surface area (Å²) in [5.74, 6) is -0.257. The fourth-order valence-electron chi connectivity index (χ4n) is 3.37. The van der Waals surface area contributed by atoms with Crippen LogP contribution in [-0.4, -0.2) is 39.8 Å². The molecular formula is C23H19F3N4O4. The molecule has 0 bridgehead atoms. The molecule has 2 heterocycles. The number of carbonyl (C=O) groups excluding carboxylic acids is 1. The number of rotatable bonds is 5. The van der Waals surface area contributed by atoms with Gasteiger partial charge in [0.15, 0.2) is 28.5 Å². The lowest BCUT2D eigenvalue weighted by molar-refractivity contribution is -0.142. The second kappa shape index (κ2) is 8.58. The first kappa shape index (κ1) is 22.9. The van der Waals surface area contributed by atoms with Gasteiger partial charge < -0.3 is 19.9 Å². The molecule has 0 saturated carbocycles. The summed E-state index contributed by atoms with van der Waals surface area (Å²) in [6, 6.07) is 11.1. The summed E-state index contributed by atoms with van der Waals surface area (Å²) in [7, 11) is 2.85. The summed E-state index contributed by atoms with van der Waals surface area (Å²) in [5, 5.41) is 16.2. The molecule has 11 heteroatoms. The fourth-order valence-corrected chi connectivity index (χ4v) is 3.37. The van der Waals surface area contributed by atoms with Gasteiger partial charge in [0.05, 0.1) is 25.6 Å². The first-order valence-electron chi connectivity index (χ1n) is 9.92. The molecule has 0 aliphatic carbocycles. The smallest absolute Gasteiger partial charge is 0.433 e. The van der Waals surface area contributed by atoms with Gasteiger partial charge in [0.1, 0.15) is 5.75 Å². The zero-order valence-corrected chi connectivity index (χ0v) is 18.3. The van der Waals surface area contributed by atoms with E-state index in [-0.39, 0.29) is 28.5 Å². The number of aromatic nitrogens is 3. The van der Waals surface area contributed by atoms with Crippen LogP contribution in [0.15, 0.2) is 48.5 Å². The van der Waals surface area contributed by atoms with E-state index in [4.69, 9.17) is 9.47 Å². The van der Waals surface area contributed by atoms with Crippen molar-refractivity contribution in [2.45, 2.75) is 13.1 Å². The Hall–Kier alpha value is -4.28. The molecule has 0 radical (unpaired) electrons. The molecule has 1 amide bonds. The van der Waals surface area contributed by atoms with E-state index in [0.29, 0.717) is 21.6 Å². The number of nitrogens with zero attached hydrogens (tertiary/aromatic N) is 3. The van der Waals surface area contributed by atoms with Gasteiger partial charge in [0, 0.05) is 11.6 Å². The van der Waals surface area contributed by atoms with Crippen LogP contribution in [0, 0.1) is 6.92 Å². The predicted octanol–water partition coefficient (Wildman–Crippen LogP) is 4.70. The normalized spacial score (nSPS) is 11.5. The van der Waals surface area contributed by atoms with Gasteiger partial charge in [-0.3, -0.25) is 4.79 Å². The third-order valence-electron chi connectivity index (χ3n) is 5.03. The van der Waals surface area contributed by atoms with Gasteiger partial charge in [0.2, 0.25) is 0 Å². The van der Waals surface area contributed by atoms with Crippen LogP contribution in [0.2, 0.25) is 0 Å². The summed E-state index contributed by atoms with van der Waals surface area (Å²) in [5.41, 5.74) is -0.367. The number of aryl methyl sites for hydroxylation is 1. The number of alkyl halides is 3. The van der Waals surface area contributed by atoms with Gasteiger partial charge in [-0.05, 0) is 48.9 Å². The van der Waals surface area contributed by atoms with Crippen molar-refractivity contribution in [3.8, 4) is 28.5 Å². The van der Waals surface area contributed by atoms with Crippen LogP contribution in [0.25, 0.3) is 16.9 Å². The monoisotopic (exact) mass is 472 g/mol. The third kappa shape index (κ3) is 4.32. The van der Waals surface area contributed by atoms with Gasteiger partial charge >= 0.3 is 6.18 Å². The lowest BCUT2D eigenvalue weighted by Crippen LogP contribution is -2.16. The van der Waals surface area contributed by atoms with Crippen molar-refractivity contribution in [1.82, 2.24) is 14.6 Å². The fraction of sp³-hybridized carbons (Fsp3) is 0.174. The number of phenolic OH excluding ortho intramolecular Hbond substituents is 1. The van der Waals surface area contributed by atoms with Crippen molar-refractivity contribution in [2.24, 2.45) is 0 Å². The second-order valence-corrected chi connectivity index (χ2v) is 7.37. The number of methoxy groups -OCH3 is 2. The Morgan fingerprint density at radius 1 is 1.03 bits per heavy atom. The van der Waals surface area contributed by atoms with E-state index < -0.39 is 17.8 Å². The third-order valence-corrected chi connectivity index (χ3v) is 5.03. The second-order valence-electron chi connectivity index (χ2n) is 7.37. The number of ether oxygens (including phenoxy) is 2. The Kier molecular flexibility index (Phi) is 5.78. The Morgan fingerprint density at radius 2 is 1.76 bits per heavy atom. The quantitative estimate of drug-likeness (QED) is 0.409. The molecule has 0 spiro atoms. The van der Waals surface area contributed by atoms with Crippen molar-refractivity contribution in [3.05, 3.63) is 65.5 Å². The number of anilines is 1. The summed E-state index contributed by atoms with van der Waals surface area (Å²) in [6.45, 7) is 1.76. The van der Waals surface area contributed by atoms with E-state index in [1.54, 1.807) is 25.1 Å². The highest BCUT2D eigenvalue weighted by atomic mass is 19.4. The highest BCUT2D eigenvalue weighted by molar-refractivity contribution is 6.04. The Balaban J connectivity index is 1.80. The van der Waals surface area contributed by atoms with E-state index in [9.17, 15) is 23.1 Å². The number of aromatic hydroxyl groups is 1. The lowest BCUT2D eigenvalue weighted by Gasteiger charge is -2.12. The molecule has 8 nitrogen and oxygen atoms in total. The van der Waals surface area contributed by atoms with Gasteiger partial charge in [-0.25, -0.2) is 9.50 Å². The van der Waals surface area contributed by atoms with Crippen molar-refractivity contribution in [1.29, 1.82) is 0 Å². The highest BCUT2D eigenvalue weighted by Gasteiger charge is 2.35. The minimum Gasteiger partial charge on any atom is -0.506 e. The minimum atomic E-state index is -4.78. The standard InChI is InChI=1S/C23H19F3N4O4/c1-12-4-6-17(31)15(8-12)28-22(32)16-11-21-27-14(10-20(23(24,25)26)30(21)29-16)13-5-7-18(33-2)19(9-13)34-3/h4-11,31H,1-3H3,(H,28,32). The number of carbonyl (C=O) groups is 1. The van der Waals surface area contributed by atoms with Crippen LogP contribution in [0.3, 0.4) is 0 Å². The summed E-state index contributed by atoms with van der Waals surface area (Å²) >= 11 is 0. The van der Waals surface area contributed by atoms with E-state index in [1.165, 1.54) is 32.4 Å². The molecular weight excluding hydrogens is 453 g/mol. The molecule has 0 unspecified atom stereocenters. The zero-order chi connectivity index (χ0) is 24.6. The molecule has 2 aromatic carbocycles. The predicted molar refractivity (Wildman–Crippen MR) is 117 cm³/mol. The summed E-state index contributed by atoms with van der Waals surface area (Å²) in [6.07, 6.45) is -4.78. The molecule has 0 saturated heterocycles.